The van der Waals surface area contributed by atoms with Gasteiger partial charge in [0.15, 0.2) is 0 Å². The Morgan fingerprint density at radius 1 is 1.59 bits per heavy atom. The third kappa shape index (κ3) is 2.79. The van der Waals surface area contributed by atoms with Crippen LogP contribution in [0, 0.1) is 6.92 Å². The zero-order valence-electron chi connectivity index (χ0n) is 9.19. The van der Waals surface area contributed by atoms with E-state index < -0.39 is 0 Å². The maximum atomic E-state index is 11.7. The van der Waals surface area contributed by atoms with Crippen molar-refractivity contribution in [2.24, 2.45) is 0 Å². The van der Waals surface area contributed by atoms with E-state index in [4.69, 9.17) is 0 Å². The van der Waals surface area contributed by atoms with Gasteiger partial charge in [0.25, 0.3) is 5.91 Å². The van der Waals surface area contributed by atoms with Crippen molar-refractivity contribution >= 4 is 17.2 Å². The molecule has 0 fully saturated rings. The van der Waals surface area contributed by atoms with Crippen molar-refractivity contribution in [3.63, 3.8) is 0 Å². The number of nitrogens with one attached hydrogen (secondary N) is 2. The molecule has 2 aromatic rings. The Bertz CT molecular complexity index is 588. The Kier molecular flexibility index (Phi) is 3.34. The summed E-state index contributed by atoms with van der Waals surface area (Å²) in [4.78, 5) is 30.3. The number of pyridine rings is 1. The van der Waals surface area contributed by atoms with Gasteiger partial charge in [-0.3, -0.25) is 9.59 Å². The average molecular weight is 249 g/mol. The highest BCUT2D eigenvalue weighted by Gasteiger charge is 2.07. The summed E-state index contributed by atoms with van der Waals surface area (Å²) in [6.45, 7) is 2.33. The number of H-pyrrole nitrogens is 1. The lowest BCUT2D eigenvalue weighted by Crippen LogP contribution is -2.24. The Hall–Kier alpha value is -1.95. The molecule has 0 aliphatic carbocycles. The molecule has 0 bridgehead atoms. The minimum Gasteiger partial charge on any atom is -0.347 e. The quantitative estimate of drug-likeness (QED) is 0.854. The lowest BCUT2D eigenvalue weighted by molar-refractivity contribution is 0.0951. The maximum Gasteiger partial charge on any atom is 0.251 e. The fourth-order valence-corrected chi connectivity index (χ4v) is 2.06. The van der Waals surface area contributed by atoms with Crippen molar-refractivity contribution in [3.05, 3.63) is 50.3 Å². The van der Waals surface area contributed by atoms with Gasteiger partial charge in [0.05, 0.1) is 17.7 Å². The summed E-state index contributed by atoms with van der Waals surface area (Å²) in [5.74, 6) is -0.260. The second kappa shape index (κ2) is 4.92. The molecule has 1 amide bonds. The number of nitrogens with zero attached hydrogens (tertiary/aromatic N) is 1. The van der Waals surface area contributed by atoms with Crippen molar-refractivity contribution in [3.8, 4) is 0 Å². The van der Waals surface area contributed by atoms with E-state index in [0.717, 1.165) is 10.6 Å². The first-order chi connectivity index (χ1) is 8.16. The van der Waals surface area contributed by atoms with Gasteiger partial charge in [0, 0.05) is 22.7 Å². The van der Waals surface area contributed by atoms with Crippen molar-refractivity contribution in [2.75, 3.05) is 0 Å². The number of aromatic nitrogens is 2. The number of aryl methyl sites for hydroxylation is 1. The van der Waals surface area contributed by atoms with Crippen LogP contribution in [-0.2, 0) is 6.54 Å². The van der Waals surface area contributed by atoms with Gasteiger partial charge in [-0.2, -0.15) is 0 Å². The third-order valence-electron chi connectivity index (χ3n) is 2.29. The highest BCUT2D eigenvalue weighted by Crippen LogP contribution is 2.11. The maximum absolute atomic E-state index is 11.7. The molecule has 6 heteroatoms. The molecule has 88 valence electrons. The van der Waals surface area contributed by atoms with Crippen LogP contribution in [0.25, 0.3) is 0 Å². The molecule has 17 heavy (non-hydrogen) atoms. The molecule has 0 aliphatic heterocycles. The van der Waals surface area contributed by atoms with E-state index in [1.165, 1.54) is 23.6 Å². The van der Waals surface area contributed by atoms with Crippen molar-refractivity contribution in [2.45, 2.75) is 13.5 Å². The van der Waals surface area contributed by atoms with Gasteiger partial charge in [-0.25, -0.2) is 4.98 Å². The van der Waals surface area contributed by atoms with Gasteiger partial charge in [0.2, 0.25) is 5.56 Å². The lowest BCUT2D eigenvalue weighted by atomic mass is 10.2. The van der Waals surface area contributed by atoms with E-state index in [0.29, 0.717) is 12.1 Å². The monoisotopic (exact) mass is 249 g/mol. The van der Waals surface area contributed by atoms with Gasteiger partial charge in [0.1, 0.15) is 0 Å². The average Bonchev–Trinajstić information content (AvgIpc) is 2.72. The molecule has 0 spiro atoms. The lowest BCUT2D eigenvalue weighted by Gasteiger charge is -2.03. The van der Waals surface area contributed by atoms with Crippen LogP contribution in [-0.4, -0.2) is 15.9 Å². The largest absolute Gasteiger partial charge is 0.347 e. The Labute approximate surface area is 102 Å². The van der Waals surface area contributed by atoms with Gasteiger partial charge in [-0.1, -0.05) is 0 Å². The van der Waals surface area contributed by atoms with Crippen LogP contribution in [0.2, 0.25) is 0 Å². The van der Waals surface area contributed by atoms with Gasteiger partial charge >= 0.3 is 0 Å². The van der Waals surface area contributed by atoms with E-state index in [2.05, 4.69) is 15.3 Å². The van der Waals surface area contributed by atoms with Crippen molar-refractivity contribution in [1.82, 2.24) is 15.3 Å². The van der Waals surface area contributed by atoms with Crippen LogP contribution in [0.15, 0.2) is 28.6 Å². The topological polar surface area (TPSA) is 74.8 Å². The summed E-state index contributed by atoms with van der Waals surface area (Å²) in [7, 11) is 0. The highest BCUT2D eigenvalue weighted by molar-refractivity contribution is 7.09. The predicted octanol–water partition coefficient (Wildman–Crippen LogP) is 1.07. The second-order valence-corrected chi connectivity index (χ2v) is 4.42. The first-order valence-electron chi connectivity index (χ1n) is 5.03. The molecule has 0 saturated carbocycles. The third-order valence-corrected chi connectivity index (χ3v) is 3.23. The Morgan fingerprint density at radius 2 is 2.41 bits per heavy atom. The molecule has 2 aromatic heterocycles. The van der Waals surface area contributed by atoms with Crippen LogP contribution in [0.1, 0.15) is 20.9 Å². The zero-order chi connectivity index (χ0) is 12.3. The molecule has 2 rings (SSSR count). The van der Waals surface area contributed by atoms with E-state index in [9.17, 15) is 9.59 Å². The number of carbonyl (C=O) groups excluding carboxylic acids is 1. The Balaban J connectivity index is 2.03. The molecular formula is C11H11N3O2S. The summed E-state index contributed by atoms with van der Waals surface area (Å²) in [5.41, 5.74) is 2.73. The van der Waals surface area contributed by atoms with Crippen molar-refractivity contribution < 1.29 is 4.79 Å². The molecule has 0 atom stereocenters. The molecule has 0 radical (unpaired) electrons. The number of hydrogen-bond donors (Lipinski definition) is 2. The first kappa shape index (κ1) is 11.5. The SMILES string of the molecule is Cc1ncsc1CNC(=O)c1cc[nH]c(=O)c1. The second-order valence-electron chi connectivity index (χ2n) is 3.49. The molecule has 0 saturated heterocycles. The van der Waals surface area contributed by atoms with Crippen LogP contribution in [0.5, 0.6) is 0 Å². The standard InChI is InChI=1S/C11H11N3O2S/c1-7-9(17-6-14-7)5-13-11(16)8-2-3-12-10(15)4-8/h2-4,6H,5H2,1H3,(H,12,15)(H,13,16). The van der Waals surface area contributed by atoms with Gasteiger partial charge in [-0.15, -0.1) is 11.3 Å². The molecule has 0 aromatic carbocycles. The zero-order valence-corrected chi connectivity index (χ0v) is 10.0. The molecule has 5 nitrogen and oxygen atoms in total. The van der Waals surface area contributed by atoms with Crippen LogP contribution in [0.3, 0.4) is 0 Å². The number of carbonyl (C=O) groups is 1. The number of aromatic amines is 1. The fourth-order valence-electron chi connectivity index (χ4n) is 1.34. The molecule has 0 unspecified atom stereocenters. The number of hydrogen-bond acceptors (Lipinski definition) is 4. The summed E-state index contributed by atoms with van der Waals surface area (Å²) in [5, 5.41) is 2.75. The summed E-state index contributed by atoms with van der Waals surface area (Å²) < 4.78 is 0. The van der Waals surface area contributed by atoms with Crippen molar-refractivity contribution in [1.29, 1.82) is 0 Å². The smallest absolute Gasteiger partial charge is 0.251 e. The molecule has 2 N–H and O–H groups in total. The number of rotatable bonds is 3. The fraction of sp³-hybridized carbons (Fsp3) is 0.182. The molecular weight excluding hydrogens is 238 g/mol. The summed E-state index contributed by atoms with van der Waals surface area (Å²) in [6, 6.07) is 2.84. The Morgan fingerprint density at radius 3 is 3.06 bits per heavy atom. The molecule has 0 aliphatic rings. The van der Waals surface area contributed by atoms with Gasteiger partial charge in [-0.05, 0) is 13.0 Å². The van der Waals surface area contributed by atoms with E-state index in [-0.39, 0.29) is 11.5 Å². The first-order valence-corrected chi connectivity index (χ1v) is 5.90. The van der Waals surface area contributed by atoms with E-state index in [1.807, 2.05) is 6.92 Å². The predicted molar refractivity (Wildman–Crippen MR) is 65.1 cm³/mol. The normalized spacial score (nSPS) is 10.2. The van der Waals surface area contributed by atoms with E-state index >= 15 is 0 Å². The van der Waals surface area contributed by atoms with Gasteiger partial charge < -0.3 is 10.3 Å². The molecule has 2 heterocycles. The number of thiazole rings is 1. The number of amides is 1. The summed E-state index contributed by atoms with van der Waals surface area (Å²) in [6.07, 6.45) is 1.45. The van der Waals surface area contributed by atoms with Crippen LogP contribution < -0.4 is 10.9 Å². The summed E-state index contributed by atoms with van der Waals surface area (Å²) >= 11 is 1.50. The highest BCUT2D eigenvalue weighted by atomic mass is 32.1. The minimum absolute atomic E-state index is 0.260. The van der Waals surface area contributed by atoms with Crippen LogP contribution in [0.4, 0.5) is 0 Å². The minimum atomic E-state index is -0.286. The van der Waals surface area contributed by atoms with E-state index in [1.54, 1.807) is 11.6 Å². The van der Waals surface area contributed by atoms with Crippen LogP contribution >= 0.6 is 11.3 Å².